The Morgan fingerprint density at radius 2 is 1.79 bits per heavy atom. The Bertz CT molecular complexity index is 1470. The minimum absolute atomic E-state index is 0.244. The van der Waals surface area contributed by atoms with E-state index in [0.29, 0.717) is 26.3 Å². The van der Waals surface area contributed by atoms with E-state index in [1.165, 1.54) is 12.1 Å². The van der Waals surface area contributed by atoms with E-state index in [1.54, 1.807) is 19.2 Å². The highest BCUT2D eigenvalue weighted by Gasteiger charge is 2.31. The Kier molecular flexibility index (Phi) is 6.92. The van der Waals surface area contributed by atoms with E-state index in [-0.39, 0.29) is 5.75 Å². The molecule has 0 amide bonds. The second kappa shape index (κ2) is 10.2. The fraction of sp³-hybridized carbons (Fsp3) is 0.357. The van der Waals surface area contributed by atoms with Gasteiger partial charge in [0.15, 0.2) is 5.65 Å². The Labute approximate surface area is 218 Å². The predicted molar refractivity (Wildman–Crippen MR) is 137 cm³/mol. The van der Waals surface area contributed by atoms with Crippen LogP contribution in [0.4, 0.5) is 19.0 Å². The molecule has 5 rings (SSSR count). The molecular weight excluding hydrogens is 497 g/mol. The van der Waals surface area contributed by atoms with Gasteiger partial charge in [0.25, 0.3) is 0 Å². The van der Waals surface area contributed by atoms with Gasteiger partial charge in [-0.3, -0.25) is 0 Å². The normalized spacial score (nSPS) is 13.1. The molecule has 0 atom stereocenters. The number of fused-ring (bicyclic) bond motifs is 2. The van der Waals surface area contributed by atoms with Gasteiger partial charge in [-0.05, 0) is 61.2 Å². The summed E-state index contributed by atoms with van der Waals surface area (Å²) >= 11 is 0. The molecule has 38 heavy (non-hydrogen) atoms. The molecule has 0 radical (unpaired) electrons. The van der Waals surface area contributed by atoms with Crippen molar-refractivity contribution in [3.63, 3.8) is 0 Å². The van der Waals surface area contributed by atoms with E-state index < -0.39 is 6.36 Å². The summed E-state index contributed by atoms with van der Waals surface area (Å²) < 4.78 is 54.9. The van der Waals surface area contributed by atoms with Gasteiger partial charge in [-0.2, -0.15) is 9.61 Å². The minimum atomic E-state index is -4.73. The monoisotopic (exact) mass is 526 g/mol. The van der Waals surface area contributed by atoms with Crippen molar-refractivity contribution in [2.75, 3.05) is 18.6 Å². The number of aromatic nitrogens is 3. The van der Waals surface area contributed by atoms with E-state index in [2.05, 4.69) is 16.6 Å². The molecule has 0 saturated carbocycles. The number of anilines is 1. The number of halogens is 3. The van der Waals surface area contributed by atoms with Crippen molar-refractivity contribution in [1.82, 2.24) is 14.6 Å². The van der Waals surface area contributed by atoms with Gasteiger partial charge < -0.3 is 19.1 Å². The first-order valence-electron chi connectivity index (χ1n) is 12.4. The SMILES string of the molecule is CCCN(Cc1ccc(OC(F)(F)F)cc1)c1c2c(nc3c(-c4ccc(OC)cc4C)c(C)nn13)COC2. The van der Waals surface area contributed by atoms with Crippen LogP contribution in [-0.4, -0.2) is 34.6 Å². The molecule has 0 spiro atoms. The number of hydrogen-bond donors (Lipinski definition) is 0. The third kappa shape index (κ3) is 5.00. The first-order chi connectivity index (χ1) is 18.2. The summed E-state index contributed by atoms with van der Waals surface area (Å²) in [5.74, 6) is 1.43. The molecule has 10 heteroatoms. The third-order valence-electron chi connectivity index (χ3n) is 6.61. The summed E-state index contributed by atoms with van der Waals surface area (Å²) in [5, 5.41) is 4.93. The van der Waals surface area contributed by atoms with Gasteiger partial charge in [-0.1, -0.05) is 25.1 Å². The second-order valence-electron chi connectivity index (χ2n) is 9.34. The first-order valence-corrected chi connectivity index (χ1v) is 12.4. The lowest BCUT2D eigenvalue weighted by Gasteiger charge is -2.27. The van der Waals surface area contributed by atoms with Crippen LogP contribution in [0, 0.1) is 13.8 Å². The maximum absolute atomic E-state index is 12.6. The number of aryl methyl sites for hydroxylation is 2. The van der Waals surface area contributed by atoms with Gasteiger partial charge >= 0.3 is 6.36 Å². The number of rotatable bonds is 8. The highest BCUT2D eigenvalue weighted by atomic mass is 19.4. The van der Waals surface area contributed by atoms with Crippen LogP contribution in [0.25, 0.3) is 16.8 Å². The Hall–Kier alpha value is -3.79. The smallest absolute Gasteiger partial charge is 0.497 e. The number of alkyl halides is 3. The summed E-state index contributed by atoms with van der Waals surface area (Å²) in [6.45, 7) is 8.11. The third-order valence-corrected chi connectivity index (χ3v) is 6.61. The number of methoxy groups -OCH3 is 1. The summed E-state index contributed by atoms with van der Waals surface area (Å²) in [6, 6.07) is 11.9. The molecular formula is C28H29F3N4O3. The van der Waals surface area contributed by atoms with E-state index in [0.717, 1.165) is 62.8 Å². The van der Waals surface area contributed by atoms with Crippen LogP contribution in [-0.2, 0) is 24.5 Å². The molecule has 0 bridgehead atoms. The zero-order valence-corrected chi connectivity index (χ0v) is 21.7. The van der Waals surface area contributed by atoms with Crippen LogP contribution in [0.3, 0.4) is 0 Å². The van der Waals surface area contributed by atoms with Crippen molar-refractivity contribution in [2.45, 2.75) is 53.3 Å². The fourth-order valence-electron chi connectivity index (χ4n) is 4.97. The predicted octanol–water partition coefficient (Wildman–Crippen LogP) is 6.37. The van der Waals surface area contributed by atoms with Crippen LogP contribution in [0.2, 0.25) is 0 Å². The van der Waals surface area contributed by atoms with Gasteiger partial charge in [0, 0.05) is 24.2 Å². The molecule has 0 saturated heterocycles. The standard InChI is InChI=1S/C28H29F3N4O3/c1-5-12-34(14-19-6-8-20(9-7-19)38-28(29,30)31)27-23-15-37-16-24(23)32-26-25(18(3)33-35(26)27)22-11-10-21(36-4)13-17(22)2/h6-11,13H,5,12,14-16H2,1-4H3. The van der Waals surface area contributed by atoms with E-state index in [4.69, 9.17) is 19.6 Å². The summed E-state index contributed by atoms with van der Waals surface area (Å²) in [7, 11) is 1.64. The molecule has 1 aliphatic rings. The molecule has 2 aromatic carbocycles. The van der Waals surface area contributed by atoms with Gasteiger partial charge in [0.2, 0.25) is 0 Å². The van der Waals surface area contributed by atoms with Crippen LogP contribution in [0.15, 0.2) is 42.5 Å². The van der Waals surface area contributed by atoms with Crippen molar-refractivity contribution in [3.05, 3.63) is 70.5 Å². The zero-order chi connectivity index (χ0) is 27.0. The minimum Gasteiger partial charge on any atom is -0.497 e. The highest BCUT2D eigenvalue weighted by molar-refractivity contribution is 5.83. The lowest BCUT2D eigenvalue weighted by molar-refractivity contribution is -0.274. The first kappa shape index (κ1) is 25.8. The number of ether oxygens (including phenoxy) is 3. The van der Waals surface area contributed by atoms with Crippen molar-refractivity contribution in [3.8, 4) is 22.6 Å². The summed E-state index contributed by atoms with van der Waals surface area (Å²) in [4.78, 5) is 7.18. The Morgan fingerprint density at radius 3 is 2.45 bits per heavy atom. The Balaban J connectivity index is 1.60. The highest BCUT2D eigenvalue weighted by Crippen LogP contribution is 2.37. The maximum Gasteiger partial charge on any atom is 0.573 e. The van der Waals surface area contributed by atoms with E-state index >= 15 is 0 Å². The van der Waals surface area contributed by atoms with E-state index in [9.17, 15) is 13.2 Å². The van der Waals surface area contributed by atoms with Gasteiger partial charge in [0.05, 0.1) is 31.7 Å². The molecule has 0 unspecified atom stereocenters. The van der Waals surface area contributed by atoms with Crippen LogP contribution in [0.1, 0.15) is 41.4 Å². The summed E-state index contributed by atoms with van der Waals surface area (Å²) in [5.41, 5.74) is 7.31. The van der Waals surface area contributed by atoms with Crippen molar-refractivity contribution >= 4 is 11.5 Å². The average Bonchev–Trinajstić information content (AvgIpc) is 3.46. The van der Waals surface area contributed by atoms with Gasteiger partial charge in [-0.15, -0.1) is 13.2 Å². The number of benzene rings is 2. The summed E-state index contributed by atoms with van der Waals surface area (Å²) in [6.07, 6.45) is -3.86. The maximum atomic E-state index is 12.6. The molecule has 7 nitrogen and oxygen atoms in total. The molecule has 4 aromatic rings. The Morgan fingerprint density at radius 1 is 1.05 bits per heavy atom. The second-order valence-corrected chi connectivity index (χ2v) is 9.34. The number of hydrogen-bond acceptors (Lipinski definition) is 6. The molecule has 0 fully saturated rings. The quantitative estimate of drug-likeness (QED) is 0.266. The van der Waals surface area contributed by atoms with Crippen LogP contribution >= 0.6 is 0 Å². The van der Waals surface area contributed by atoms with Gasteiger partial charge in [0.1, 0.15) is 17.3 Å². The van der Waals surface area contributed by atoms with Crippen LogP contribution in [0.5, 0.6) is 11.5 Å². The molecule has 2 aromatic heterocycles. The lowest BCUT2D eigenvalue weighted by atomic mass is 10.0. The fourth-order valence-corrected chi connectivity index (χ4v) is 4.97. The zero-order valence-electron chi connectivity index (χ0n) is 21.7. The van der Waals surface area contributed by atoms with Crippen molar-refractivity contribution in [1.29, 1.82) is 0 Å². The molecule has 3 heterocycles. The van der Waals surface area contributed by atoms with Gasteiger partial charge in [-0.25, -0.2) is 4.98 Å². The number of nitrogens with zero attached hydrogens (tertiary/aromatic N) is 4. The van der Waals surface area contributed by atoms with Crippen molar-refractivity contribution in [2.24, 2.45) is 0 Å². The largest absolute Gasteiger partial charge is 0.573 e. The lowest BCUT2D eigenvalue weighted by Crippen LogP contribution is -2.27. The van der Waals surface area contributed by atoms with Crippen molar-refractivity contribution < 1.29 is 27.4 Å². The average molecular weight is 527 g/mol. The molecule has 0 aliphatic carbocycles. The molecule has 200 valence electrons. The van der Waals surface area contributed by atoms with E-state index in [1.807, 2.05) is 36.6 Å². The molecule has 1 aliphatic heterocycles. The topological polar surface area (TPSA) is 61.1 Å². The van der Waals surface area contributed by atoms with Crippen LogP contribution < -0.4 is 14.4 Å². The molecule has 0 N–H and O–H groups in total.